The van der Waals surface area contributed by atoms with E-state index >= 15 is 0 Å². The molecule has 1 N–H and O–H groups in total. The van der Waals surface area contributed by atoms with Gasteiger partial charge in [-0.05, 0) is 6.42 Å². The highest BCUT2D eigenvalue weighted by molar-refractivity contribution is 5.38. The Balaban J connectivity index is 2.03. The van der Waals surface area contributed by atoms with Gasteiger partial charge in [-0.3, -0.25) is 4.68 Å². The van der Waals surface area contributed by atoms with Gasteiger partial charge in [0.05, 0.1) is 18.2 Å². The number of ether oxygens (including phenoxy) is 1. The average Bonchev–Trinajstić information content (AvgIpc) is 2.94. The van der Waals surface area contributed by atoms with Crippen molar-refractivity contribution in [1.82, 2.24) is 9.78 Å². The summed E-state index contributed by atoms with van der Waals surface area (Å²) in [7, 11) is 1.05. The van der Waals surface area contributed by atoms with Crippen LogP contribution in [-0.4, -0.2) is 39.9 Å². The first-order chi connectivity index (χ1) is 11.4. The Morgan fingerprint density at radius 1 is 1.20 bits per heavy atom. The van der Waals surface area contributed by atoms with Crippen molar-refractivity contribution in [2.24, 2.45) is 0 Å². The summed E-state index contributed by atoms with van der Waals surface area (Å²) >= 11 is 0. The first-order valence-corrected chi connectivity index (χ1v) is 7.53. The number of aliphatic hydroxyl groups excluding tert-OH is 1. The molecule has 2 aliphatic carbocycles. The van der Waals surface area contributed by atoms with Gasteiger partial charge in [-0.15, -0.1) is 0 Å². The molecule has 142 valence electrons. The van der Waals surface area contributed by atoms with Crippen molar-refractivity contribution < 1.29 is 40.6 Å². The van der Waals surface area contributed by atoms with Gasteiger partial charge in [0, 0.05) is 25.5 Å². The van der Waals surface area contributed by atoms with E-state index in [4.69, 9.17) is 4.74 Å². The van der Waals surface area contributed by atoms with Crippen LogP contribution in [0.15, 0.2) is 0 Å². The summed E-state index contributed by atoms with van der Waals surface area (Å²) in [6.07, 6.45) is -11.6. The summed E-state index contributed by atoms with van der Waals surface area (Å²) < 4.78 is 99.8. The standard InChI is InChI=1S/C14H15F7N2O2/c1-25-8-4-6(2-3-12(8,15)16)23-7-5-13(17,18)11(24)9(7)10(22-23)14(19,20)21/h6,8,11,24H,2-5H2,1H3/t6-,8-,11-/m0/s1. The fourth-order valence-corrected chi connectivity index (χ4v) is 3.54. The Morgan fingerprint density at radius 2 is 1.84 bits per heavy atom. The number of hydrogen-bond acceptors (Lipinski definition) is 3. The maximum Gasteiger partial charge on any atom is 0.435 e. The maximum absolute atomic E-state index is 13.7. The highest BCUT2D eigenvalue weighted by Crippen LogP contribution is 2.50. The lowest BCUT2D eigenvalue weighted by molar-refractivity contribution is -0.156. The van der Waals surface area contributed by atoms with Crippen molar-refractivity contribution in [3.63, 3.8) is 0 Å². The second-order valence-electron chi connectivity index (χ2n) is 6.41. The zero-order valence-corrected chi connectivity index (χ0v) is 13.0. The SMILES string of the molecule is CO[C@H]1C[C@@H](n2nc(C(F)(F)F)c3c2CC(F)(F)[C@H]3O)CCC1(F)F. The molecule has 4 nitrogen and oxygen atoms in total. The van der Waals surface area contributed by atoms with E-state index in [0.29, 0.717) is 0 Å². The molecule has 0 saturated heterocycles. The maximum atomic E-state index is 13.7. The summed E-state index contributed by atoms with van der Waals surface area (Å²) in [4.78, 5) is 0. The van der Waals surface area contributed by atoms with Gasteiger partial charge in [-0.1, -0.05) is 0 Å². The number of aromatic nitrogens is 2. The monoisotopic (exact) mass is 376 g/mol. The minimum absolute atomic E-state index is 0.236. The third kappa shape index (κ3) is 2.90. The lowest BCUT2D eigenvalue weighted by Gasteiger charge is -2.35. The van der Waals surface area contributed by atoms with Crippen molar-refractivity contribution in [1.29, 1.82) is 0 Å². The molecule has 1 aromatic heterocycles. The molecule has 11 heteroatoms. The largest absolute Gasteiger partial charge is 0.435 e. The molecule has 3 atom stereocenters. The lowest BCUT2D eigenvalue weighted by atomic mass is 9.89. The van der Waals surface area contributed by atoms with Gasteiger partial charge in [0.25, 0.3) is 11.8 Å². The number of rotatable bonds is 2. The topological polar surface area (TPSA) is 47.3 Å². The Labute approximate surface area is 137 Å². The number of halogens is 7. The normalized spacial score (nSPS) is 31.2. The van der Waals surface area contributed by atoms with Crippen LogP contribution in [0.3, 0.4) is 0 Å². The third-order valence-electron chi connectivity index (χ3n) is 4.79. The van der Waals surface area contributed by atoms with Gasteiger partial charge in [0.1, 0.15) is 12.2 Å². The minimum atomic E-state index is -5.05. The van der Waals surface area contributed by atoms with Crippen LogP contribution in [0.5, 0.6) is 0 Å². The van der Waals surface area contributed by atoms with Crippen LogP contribution in [0.4, 0.5) is 30.7 Å². The zero-order chi connectivity index (χ0) is 18.8. The third-order valence-corrected chi connectivity index (χ3v) is 4.79. The first-order valence-electron chi connectivity index (χ1n) is 7.53. The highest BCUT2D eigenvalue weighted by atomic mass is 19.4. The number of aliphatic hydroxyl groups is 1. The van der Waals surface area contributed by atoms with E-state index in [0.717, 1.165) is 11.8 Å². The molecule has 1 heterocycles. The second kappa shape index (κ2) is 5.57. The predicted molar refractivity (Wildman–Crippen MR) is 69.5 cm³/mol. The molecule has 0 radical (unpaired) electrons. The van der Waals surface area contributed by atoms with Gasteiger partial charge in [-0.2, -0.15) is 18.3 Å². The van der Waals surface area contributed by atoms with E-state index < -0.39 is 66.1 Å². The minimum Gasteiger partial charge on any atom is -0.382 e. The molecule has 0 spiro atoms. The first kappa shape index (κ1) is 18.4. The Morgan fingerprint density at radius 3 is 2.40 bits per heavy atom. The van der Waals surface area contributed by atoms with Crippen molar-refractivity contribution in [3.05, 3.63) is 17.0 Å². The van der Waals surface area contributed by atoms with E-state index in [1.807, 2.05) is 0 Å². The number of methoxy groups -OCH3 is 1. The Kier molecular flexibility index (Phi) is 4.10. The predicted octanol–water partition coefficient (Wildman–Crippen LogP) is 3.50. The summed E-state index contributed by atoms with van der Waals surface area (Å²) in [6.45, 7) is 0. The number of nitrogens with zero attached hydrogens (tertiary/aromatic N) is 2. The van der Waals surface area contributed by atoms with Crippen molar-refractivity contribution in [2.45, 2.75) is 62.0 Å². The van der Waals surface area contributed by atoms with Crippen LogP contribution >= 0.6 is 0 Å². The Hall–Kier alpha value is -1.36. The van der Waals surface area contributed by atoms with Crippen LogP contribution < -0.4 is 0 Å². The zero-order valence-electron chi connectivity index (χ0n) is 13.0. The van der Waals surface area contributed by atoms with Crippen LogP contribution in [0.25, 0.3) is 0 Å². The lowest BCUT2D eigenvalue weighted by Crippen LogP contribution is -2.42. The summed E-state index contributed by atoms with van der Waals surface area (Å²) in [5.74, 6) is -6.92. The summed E-state index contributed by atoms with van der Waals surface area (Å²) in [5, 5.41) is 13.0. The van der Waals surface area contributed by atoms with Gasteiger partial charge in [-0.25, -0.2) is 17.6 Å². The van der Waals surface area contributed by atoms with E-state index in [-0.39, 0.29) is 12.8 Å². The quantitative estimate of drug-likeness (QED) is 0.804. The molecule has 25 heavy (non-hydrogen) atoms. The molecule has 0 aliphatic heterocycles. The van der Waals surface area contributed by atoms with Crippen LogP contribution in [0.1, 0.15) is 48.4 Å². The average molecular weight is 376 g/mol. The van der Waals surface area contributed by atoms with Crippen LogP contribution in [0.2, 0.25) is 0 Å². The second-order valence-corrected chi connectivity index (χ2v) is 6.41. The van der Waals surface area contributed by atoms with Gasteiger partial charge in [0.2, 0.25) is 0 Å². The van der Waals surface area contributed by atoms with Crippen molar-refractivity contribution in [2.75, 3.05) is 7.11 Å². The van der Waals surface area contributed by atoms with E-state index in [2.05, 4.69) is 5.10 Å². The molecule has 0 amide bonds. The smallest absolute Gasteiger partial charge is 0.382 e. The number of alkyl halides is 7. The number of fused-ring (bicyclic) bond motifs is 1. The molecular formula is C14H15F7N2O2. The fourth-order valence-electron chi connectivity index (χ4n) is 3.54. The van der Waals surface area contributed by atoms with Gasteiger partial charge < -0.3 is 9.84 Å². The molecule has 3 rings (SSSR count). The van der Waals surface area contributed by atoms with Gasteiger partial charge >= 0.3 is 6.18 Å². The molecule has 1 fully saturated rings. The molecule has 0 aromatic carbocycles. The molecule has 0 bridgehead atoms. The van der Waals surface area contributed by atoms with Gasteiger partial charge in [0.15, 0.2) is 5.69 Å². The summed E-state index contributed by atoms with van der Waals surface area (Å²) in [6, 6.07) is -0.949. The highest BCUT2D eigenvalue weighted by Gasteiger charge is 2.56. The van der Waals surface area contributed by atoms with Crippen LogP contribution in [-0.2, 0) is 17.3 Å². The fraction of sp³-hybridized carbons (Fsp3) is 0.786. The number of hydrogen-bond donors (Lipinski definition) is 1. The molecule has 0 unspecified atom stereocenters. The Bertz CT molecular complexity index is 671. The molecule has 1 saturated carbocycles. The summed E-state index contributed by atoms with van der Waals surface area (Å²) in [5.41, 5.74) is -3.03. The van der Waals surface area contributed by atoms with Crippen LogP contribution in [0, 0.1) is 0 Å². The van der Waals surface area contributed by atoms with E-state index in [1.54, 1.807) is 0 Å². The van der Waals surface area contributed by atoms with Crippen molar-refractivity contribution >= 4 is 0 Å². The van der Waals surface area contributed by atoms with Crippen molar-refractivity contribution in [3.8, 4) is 0 Å². The molecule has 2 aliphatic rings. The molecule has 1 aromatic rings. The van der Waals surface area contributed by atoms with E-state index in [9.17, 15) is 35.8 Å². The van der Waals surface area contributed by atoms with E-state index in [1.165, 1.54) is 0 Å². The molecular weight excluding hydrogens is 361 g/mol.